The number of para-hydroxylation sites is 1. The van der Waals surface area contributed by atoms with Gasteiger partial charge in [0, 0.05) is 6.20 Å². The van der Waals surface area contributed by atoms with Crippen LogP contribution in [0.1, 0.15) is 18.2 Å². The molecule has 3 rings (SSSR count). The van der Waals surface area contributed by atoms with E-state index in [0.717, 1.165) is 5.56 Å². The topological polar surface area (TPSA) is 88.5 Å². The fraction of sp³-hybridized carbons (Fsp3) is 0.222. The van der Waals surface area contributed by atoms with E-state index in [1.165, 1.54) is 6.07 Å². The van der Waals surface area contributed by atoms with Crippen molar-refractivity contribution in [2.45, 2.75) is 20.3 Å². The average molecular weight is 338 g/mol. The molecule has 0 saturated heterocycles. The highest BCUT2D eigenvalue weighted by atomic mass is 16.5. The van der Waals surface area contributed by atoms with Crippen molar-refractivity contribution in [1.82, 2.24) is 9.38 Å². The number of nitrogens with zero attached hydrogens (tertiary/aromatic N) is 4. The highest BCUT2D eigenvalue weighted by Gasteiger charge is 2.16. The van der Waals surface area contributed by atoms with Crippen LogP contribution in [0.2, 0.25) is 0 Å². The number of phenols is 1. The van der Waals surface area contributed by atoms with Crippen molar-refractivity contribution >= 4 is 23.1 Å². The zero-order chi connectivity index (χ0) is 17.8. The fourth-order valence-corrected chi connectivity index (χ4v) is 2.41. The second-order valence-corrected chi connectivity index (χ2v) is 5.49. The van der Waals surface area contributed by atoms with E-state index < -0.39 is 0 Å². The first-order valence-corrected chi connectivity index (χ1v) is 7.91. The third-order valence-electron chi connectivity index (χ3n) is 3.56. The minimum Gasteiger partial charge on any atom is -0.506 e. The summed E-state index contributed by atoms with van der Waals surface area (Å²) in [6, 6.07) is 10.4. The molecule has 0 aliphatic carbocycles. The van der Waals surface area contributed by atoms with Crippen LogP contribution in [0.3, 0.4) is 0 Å². The monoisotopic (exact) mass is 338 g/mol. The highest BCUT2D eigenvalue weighted by Crippen LogP contribution is 2.29. The molecule has 0 amide bonds. The Morgan fingerprint density at radius 2 is 2.04 bits per heavy atom. The molecule has 3 aromatic rings. The van der Waals surface area contributed by atoms with Crippen LogP contribution in [-0.2, 0) is 16.0 Å². The Hall–Kier alpha value is -3.22. The van der Waals surface area contributed by atoms with Crippen molar-refractivity contribution in [3.63, 3.8) is 0 Å². The van der Waals surface area contributed by atoms with Gasteiger partial charge in [-0.2, -0.15) is 0 Å². The molecule has 2 heterocycles. The van der Waals surface area contributed by atoms with E-state index >= 15 is 0 Å². The van der Waals surface area contributed by atoms with Gasteiger partial charge in [-0.05, 0) is 37.6 Å². The molecule has 2 aromatic heterocycles. The molecule has 0 saturated carbocycles. The number of esters is 1. The highest BCUT2D eigenvalue weighted by molar-refractivity contribution is 5.74. The van der Waals surface area contributed by atoms with E-state index in [4.69, 9.17) is 4.74 Å². The third kappa shape index (κ3) is 3.65. The molecule has 7 heteroatoms. The quantitative estimate of drug-likeness (QED) is 0.565. The van der Waals surface area contributed by atoms with Gasteiger partial charge in [-0.3, -0.25) is 9.20 Å². The standard InChI is InChI=1S/C18H18N4O3/c1-3-25-17(24)10-14-18(21-20-13-6-4-5-7-15(13)23)22-11-12(2)8-9-16(22)19-14/h4-9,11,23H,3,10H2,1-2H3. The minimum absolute atomic E-state index is 0.00366. The maximum atomic E-state index is 11.9. The minimum atomic E-state index is -0.373. The SMILES string of the molecule is CCOC(=O)Cc1nc2ccc(C)cn2c1N=Nc1ccccc1O. The van der Waals surface area contributed by atoms with Crippen molar-refractivity contribution in [2.24, 2.45) is 10.2 Å². The molecule has 0 aliphatic rings. The average Bonchev–Trinajstić information content (AvgIpc) is 2.91. The summed E-state index contributed by atoms with van der Waals surface area (Å²) in [7, 11) is 0. The zero-order valence-corrected chi connectivity index (χ0v) is 14.0. The van der Waals surface area contributed by atoms with Gasteiger partial charge in [-0.25, -0.2) is 4.98 Å². The van der Waals surface area contributed by atoms with Crippen LogP contribution in [0.5, 0.6) is 5.75 Å². The van der Waals surface area contributed by atoms with E-state index in [1.807, 2.05) is 25.3 Å². The lowest BCUT2D eigenvalue weighted by Crippen LogP contribution is -2.07. The zero-order valence-electron chi connectivity index (χ0n) is 14.0. The molecule has 7 nitrogen and oxygen atoms in total. The Kier molecular flexibility index (Phi) is 4.74. The van der Waals surface area contributed by atoms with Crippen LogP contribution < -0.4 is 0 Å². The lowest BCUT2D eigenvalue weighted by atomic mass is 10.3. The molecular weight excluding hydrogens is 320 g/mol. The Labute approximate surface area is 144 Å². The molecule has 0 fully saturated rings. The predicted octanol–water partition coefficient (Wildman–Crippen LogP) is 3.87. The fourth-order valence-electron chi connectivity index (χ4n) is 2.41. The second-order valence-electron chi connectivity index (χ2n) is 5.49. The molecule has 0 atom stereocenters. The maximum Gasteiger partial charge on any atom is 0.312 e. The Morgan fingerprint density at radius 3 is 2.80 bits per heavy atom. The number of azo groups is 1. The second kappa shape index (κ2) is 7.12. The van der Waals surface area contributed by atoms with E-state index in [9.17, 15) is 9.90 Å². The van der Waals surface area contributed by atoms with Crippen LogP contribution in [0, 0.1) is 6.92 Å². The Bertz CT molecular complexity index is 947. The van der Waals surface area contributed by atoms with Crippen LogP contribution in [0.15, 0.2) is 52.8 Å². The number of aromatic nitrogens is 2. The number of hydrogen-bond donors (Lipinski definition) is 1. The molecule has 128 valence electrons. The van der Waals surface area contributed by atoms with Gasteiger partial charge in [0.1, 0.15) is 17.1 Å². The number of carbonyl (C=O) groups excluding carboxylic acids is 1. The van der Waals surface area contributed by atoms with Crippen LogP contribution in [0.4, 0.5) is 11.5 Å². The van der Waals surface area contributed by atoms with Crippen LogP contribution >= 0.6 is 0 Å². The molecule has 1 aromatic carbocycles. The first kappa shape index (κ1) is 16.6. The van der Waals surface area contributed by atoms with Crippen molar-refractivity contribution in [3.05, 3.63) is 53.9 Å². The van der Waals surface area contributed by atoms with Gasteiger partial charge in [0.25, 0.3) is 0 Å². The lowest BCUT2D eigenvalue weighted by molar-refractivity contribution is -0.142. The number of imidazole rings is 1. The van der Waals surface area contributed by atoms with Gasteiger partial charge in [0.05, 0.1) is 18.7 Å². The summed E-state index contributed by atoms with van der Waals surface area (Å²) in [5.74, 6) is 0.0971. The molecule has 1 N–H and O–H groups in total. The van der Waals surface area contributed by atoms with Gasteiger partial charge >= 0.3 is 5.97 Å². The number of phenolic OH excluding ortho intramolecular Hbond substituents is 1. The molecule has 0 radical (unpaired) electrons. The maximum absolute atomic E-state index is 11.9. The number of rotatable bonds is 5. The van der Waals surface area contributed by atoms with Crippen molar-refractivity contribution < 1.29 is 14.6 Å². The first-order chi connectivity index (χ1) is 12.1. The Morgan fingerprint density at radius 1 is 1.24 bits per heavy atom. The van der Waals surface area contributed by atoms with Crippen LogP contribution in [-0.4, -0.2) is 27.1 Å². The van der Waals surface area contributed by atoms with Gasteiger partial charge in [-0.15, -0.1) is 10.2 Å². The number of aryl methyl sites for hydroxylation is 1. The van der Waals surface area contributed by atoms with Crippen molar-refractivity contribution in [2.75, 3.05) is 6.61 Å². The summed E-state index contributed by atoms with van der Waals surface area (Å²) in [5, 5.41) is 18.2. The molecule has 0 aliphatic heterocycles. The smallest absolute Gasteiger partial charge is 0.312 e. The number of benzene rings is 1. The molecule has 0 spiro atoms. The van der Waals surface area contributed by atoms with Gasteiger partial charge < -0.3 is 9.84 Å². The predicted molar refractivity (Wildman–Crippen MR) is 92.5 cm³/mol. The summed E-state index contributed by atoms with van der Waals surface area (Å²) in [5.41, 5.74) is 2.50. The van der Waals surface area contributed by atoms with E-state index in [2.05, 4.69) is 15.2 Å². The van der Waals surface area contributed by atoms with E-state index in [1.54, 1.807) is 29.5 Å². The normalized spacial score (nSPS) is 11.3. The van der Waals surface area contributed by atoms with Gasteiger partial charge in [0.2, 0.25) is 0 Å². The molecule has 25 heavy (non-hydrogen) atoms. The number of carbonyl (C=O) groups is 1. The number of fused-ring (bicyclic) bond motifs is 1. The number of hydrogen-bond acceptors (Lipinski definition) is 6. The first-order valence-electron chi connectivity index (χ1n) is 7.91. The molecule has 0 bridgehead atoms. The molecule has 0 unspecified atom stereocenters. The van der Waals surface area contributed by atoms with E-state index in [0.29, 0.717) is 29.5 Å². The lowest BCUT2D eigenvalue weighted by Gasteiger charge is -2.01. The third-order valence-corrected chi connectivity index (χ3v) is 3.56. The summed E-state index contributed by atoms with van der Waals surface area (Å²) in [6.07, 6.45) is 1.87. The largest absolute Gasteiger partial charge is 0.506 e. The van der Waals surface area contributed by atoms with Crippen LogP contribution in [0.25, 0.3) is 5.65 Å². The Balaban J connectivity index is 2.05. The van der Waals surface area contributed by atoms with Gasteiger partial charge in [0.15, 0.2) is 5.82 Å². The van der Waals surface area contributed by atoms with Gasteiger partial charge in [-0.1, -0.05) is 18.2 Å². The van der Waals surface area contributed by atoms with Crippen molar-refractivity contribution in [3.8, 4) is 5.75 Å². The van der Waals surface area contributed by atoms with E-state index in [-0.39, 0.29) is 18.1 Å². The number of aromatic hydroxyl groups is 1. The van der Waals surface area contributed by atoms with Crippen molar-refractivity contribution in [1.29, 1.82) is 0 Å². The number of ether oxygens (including phenoxy) is 1. The molecular formula is C18H18N4O3. The summed E-state index contributed by atoms with van der Waals surface area (Å²) >= 11 is 0. The summed E-state index contributed by atoms with van der Waals surface area (Å²) < 4.78 is 6.77. The summed E-state index contributed by atoms with van der Waals surface area (Å²) in [6.45, 7) is 4.01. The number of pyridine rings is 1. The summed E-state index contributed by atoms with van der Waals surface area (Å²) in [4.78, 5) is 16.3.